The Morgan fingerprint density at radius 2 is 2.20 bits per heavy atom. The molecule has 0 aromatic carbocycles. The highest BCUT2D eigenvalue weighted by Crippen LogP contribution is 2.19. The number of allylic oxidation sites excluding steroid dienone is 1. The molecule has 0 unspecified atom stereocenters. The minimum atomic E-state index is -0.969. The van der Waals surface area contributed by atoms with Crippen molar-refractivity contribution < 1.29 is 14.7 Å². The number of unbranched alkanes of at least 4 members (excludes halogenated alkanes) is 1. The van der Waals surface area contributed by atoms with Gasteiger partial charge in [0.1, 0.15) is 6.04 Å². The molecular weight excluding hydrogens is 256 g/mol. The zero-order chi connectivity index (χ0) is 14.8. The third-order valence-corrected chi connectivity index (χ3v) is 3.57. The van der Waals surface area contributed by atoms with Gasteiger partial charge in [-0.1, -0.05) is 31.4 Å². The summed E-state index contributed by atoms with van der Waals surface area (Å²) in [7, 11) is 0. The fourth-order valence-electron chi connectivity index (χ4n) is 2.34. The maximum absolute atomic E-state index is 11.7. The van der Waals surface area contributed by atoms with E-state index in [2.05, 4.69) is 16.7 Å². The summed E-state index contributed by atoms with van der Waals surface area (Å²) < 4.78 is 0. The summed E-state index contributed by atoms with van der Waals surface area (Å²) in [6, 6.07) is -1.17. The van der Waals surface area contributed by atoms with Gasteiger partial charge in [-0.25, -0.2) is 9.59 Å². The van der Waals surface area contributed by atoms with Crippen LogP contribution in [0.1, 0.15) is 58.3 Å². The molecule has 0 fully saturated rings. The van der Waals surface area contributed by atoms with Gasteiger partial charge in [-0.2, -0.15) is 0 Å². The molecule has 0 spiro atoms. The largest absolute Gasteiger partial charge is 0.480 e. The van der Waals surface area contributed by atoms with Crippen molar-refractivity contribution in [3.8, 4) is 0 Å². The van der Waals surface area contributed by atoms with Crippen molar-refractivity contribution in [1.29, 1.82) is 0 Å². The summed E-state index contributed by atoms with van der Waals surface area (Å²) in [5.41, 5.74) is 1.40. The number of aliphatic carboxylic acids is 1. The van der Waals surface area contributed by atoms with Crippen molar-refractivity contribution in [3.05, 3.63) is 11.6 Å². The maximum atomic E-state index is 11.7. The van der Waals surface area contributed by atoms with Crippen LogP contribution in [0.15, 0.2) is 11.6 Å². The Balaban J connectivity index is 2.23. The van der Waals surface area contributed by atoms with E-state index >= 15 is 0 Å². The fourth-order valence-corrected chi connectivity index (χ4v) is 2.34. The van der Waals surface area contributed by atoms with E-state index in [4.69, 9.17) is 5.11 Å². The third-order valence-electron chi connectivity index (χ3n) is 3.57. The minimum absolute atomic E-state index is 0.384. The number of carbonyl (C=O) groups is 2. The normalized spacial score (nSPS) is 16.1. The number of amides is 2. The van der Waals surface area contributed by atoms with Crippen LogP contribution in [-0.2, 0) is 4.79 Å². The van der Waals surface area contributed by atoms with Gasteiger partial charge in [-0.3, -0.25) is 0 Å². The van der Waals surface area contributed by atoms with Crippen molar-refractivity contribution in [1.82, 2.24) is 10.6 Å². The van der Waals surface area contributed by atoms with Crippen LogP contribution in [0.2, 0.25) is 0 Å². The number of hydrogen-bond donors (Lipinski definition) is 3. The molecule has 1 atom stereocenters. The first kappa shape index (κ1) is 16.5. The molecule has 1 aliphatic rings. The van der Waals surface area contributed by atoms with Gasteiger partial charge in [0.2, 0.25) is 0 Å². The molecule has 3 N–H and O–H groups in total. The third kappa shape index (κ3) is 6.59. The molecule has 0 aromatic heterocycles. The van der Waals surface area contributed by atoms with E-state index in [1.807, 2.05) is 6.92 Å². The Kier molecular flexibility index (Phi) is 7.77. The van der Waals surface area contributed by atoms with Gasteiger partial charge in [0, 0.05) is 6.54 Å². The van der Waals surface area contributed by atoms with Crippen molar-refractivity contribution in [3.63, 3.8) is 0 Å². The van der Waals surface area contributed by atoms with E-state index in [0.717, 1.165) is 32.1 Å². The molecule has 5 nitrogen and oxygen atoms in total. The maximum Gasteiger partial charge on any atom is 0.326 e. The topological polar surface area (TPSA) is 78.4 Å². The molecule has 5 heteroatoms. The first-order valence-electron chi connectivity index (χ1n) is 7.58. The Bertz CT molecular complexity index is 353. The van der Waals surface area contributed by atoms with Crippen LogP contribution in [-0.4, -0.2) is 29.7 Å². The number of carbonyl (C=O) groups excluding carboxylic acids is 1. The van der Waals surface area contributed by atoms with Gasteiger partial charge in [-0.05, 0) is 38.5 Å². The van der Waals surface area contributed by atoms with Gasteiger partial charge in [0.25, 0.3) is 0 Å². The molecule has 0 bridgehead atoms. The molecule has 20 heavy (non-hydrogen) atoms. The summed E-state index contributed by atoms with van der Waals surface area (Å²) in [6.07, 6.45) is 10.1. The van der Waals surface area contributed by atoms with Crippen LogP contribution < -0.4 is 10.6 Å². The molecule has 0 aliphatic heterocycles. The number of hydrogen-bond acceptors (Lipinski definition) is 2. The van der Waals surface area contributed by atoms with E-state index in [9.17, 15) is 9.59 Å². The van der Waals surface area contributed by atoms with Crippen molar-refractivity contribution in [2.45, 2.75) is 64.3 Å². The highest BCUT2D eigenvalue weighted by atomic mass is 16.4. The number of rotatable bonds is 8. The number of urea groups is 1. The monoisotopic (exact) mass is 282 g/mol. The molecule has 0 saturated carbocycles. The lowest BCUT2D eigenvalue weighted by molar-refractivity contribution is -0.139. The standard InChI is InChI=1S/C15H26N2O3/c1-2-3-9-13(14(18)19)17-15(20)16-11-10-12-7-5-4-6-8-12/h7,13H,2-6,8-11H2,1H3,(H,18,19)(H2,16,17,20)/t13-/m0/s1. The predicted molar refractivity (Wildman–Crippen MR) is 78.7 cm³/mol. The zero-order valence-corrected chi connectivity index (χ0v) is 12.3. The SMILES string of the molecule is CCCC[C@H](NC(=O)NCCC1=CCCCC1)C(=O)O. The number of nitrogens with one attached hydrogen (secondary N) is 2. The Morgan fingerprint density at radius 3 is 2.80 bits per heavy atom. The quantitative estimate of drug-likeness (QED) is 0.599. The highest BCUT2D eigenvalue weighted by molar-refractivity contribution is 5.82. The molecule has 0 radical (unpaired) electrons. The molecule has 1 rings (SSSR count). The lowest BCUT2D eigenvalue weighted by atomic mass is 9.97. The van der Waals surface area contributed by atoms with Gasteiger partial charge in [-0.15, -0.1) is 0 Å². The first-order valence-corrected chi connectivity index (χ1v) is 7.58. The van der Waals surface area contributed by atoms with Crippen molar-refractivity contribution in [2.24, 2.45) is 0 Å². The van der Waals surface area contributed by atoms with Gasteiger partial charge in [0.05, 0.1) is 0 Å². The Hall–Kier alpha value is -1.52. The van der Waals surface area contributed by atoms with Crippen LogP contribution in [0.5, 0.6) is 0 Å². The fraction of sp³-hybridized carbons (Fsp3) is 0.733. The summed E-state index contributed by atoms with van der Waals surface area (Å²) in [6.45, 7) is 2.56. The molecule has 114 valence electrons. The van der Waals surface area contributed by atoms with E-state index in [0.29, 0.717) is 13.0 Å². The lowest BCUT2D eigenvalue weighted by Crippen LogP contribution is -2.46. The molecular formula is C15H26N2O3. The molecule has 2 amide bonds. The summed E-state index contributed by atoms with van der Waals surface area (Å²) in [5.74, 6) is -0.969. The Morgan fingerprint density at radius 1 is 1.40 bits per heavy atom. The molecule has 0 saturated heterocycles. The smallest absolute Gasteiger partial charge is 0.326 e. The number of carboxylic acids is 1. The number of carboxylic acid groups (broad SMARTS) is 1. The molecule has 1 aliphatic carbocycles. The van der Waals surface area contributed by atoms with Crippen LogP contribution in [0.25, 0.3) is 0 Å². The van der Waals surface area contributed by atoms with E-state index in [1.54, 1.807) is 0 Å². The van der Waals surface area contributed by atoms with E-state index in [-0.39, 0.29) is 6.03 Å². The summed E-state index contributed by atoms with van der Waals surface area (Å²) >= 11 is 0. The van der Waals surface area contributed by atoms with Gasteiger partial charge < -0.3 is 15.7 Å². The summed E-state index contributed by atoms with van der Waals surface area (Å²) in [4.78, 5) is 22.7. The van der Waals surface area contributed by atoms with Crippen LogP contribution in [0.4, 0.5) is 4.79 Å². The zero-order valence-electron chi connectivity index (χ0n) is 12.3. The highest BCUT2D eigenvalue weighted by Gasteiger charge is 2.18. The van der Waals surface area contributed by atoms with Crippen molar-refractivity contribution in [2.75, 3.05) is 6.54 Å². The van der Waals surface area contributed by atoms with Crippen molar-refractivity contribution >= 4 is 12.0 Å². The average molecular weight is 282 g/mol. The van der Waals surface area contributed by atoms with Crippen LogP contribution in [0.3, 0.4) is 0 Å². The predicted octanol–water partition coefficient (Wildman–Crippen LogP) is 2.82. The van der Waals surface area contributed by atoms with Gasteiger partial charge >= 0.3 is 12.0 Å². The van der Waals surface area contributed by atoms with Gasteiger partial charge in [0.15, 0.2) is 0 Å². The Labute approximate surface area is 120 Å². The van der Waals surface area contributed by atoms with E-state index < -0.39 is 12.0 Å². The minimum Gasteiger partial charge on any atom is -0.480 e. The van der Waals surface area contributed by atoms with Crippen LogP contribution >= 0.6 is 0 Å². The average Bonchev–Trinajstić information content (AvgIpc) is 2.44. The lowest BCUT2D eigenvalue weighted by Gasteiger charge is -2.16. The van der Waals surface area contributed by atoms with E-state index in [1.165, 1.54) is 18.4 Å². The molecule has 0 heterocycles. The molecule has 0 aromatic rings. The van der Waals surface area contributed by atoms with Crippen LogP contribution in [0, 0.1) is 0 Å². The summed E-state index contributed by atoms with van der Waals surface area (Å²) in [5, 5.41) is 14.3. The second-order valence-corrected chi connectivity index (χ2v) is 5.29. The second kappa shape index (κ2) is 9.39. The first-order chi connectivity index (χ1) is 9.63. The second-order valence-electron chi connectivity index (χ2n) is 5.29.